The SMILES string of the molecule is CCC(C)CC(NC)c1cc(OC)c(Br)cc1OC. The van der Waals surface area contributed by atoms with Crippen molar-refractivity contribution in [3.63, 3.8) is 0 Å². The molecule has 2 atom stereocenters. The average Bonchev–Trinajstić information content (AvgIpc) is 2.44. The molecule has 0 heterocycles. The van der Waals surface area contributed by atoms with Crippen LogP contribution in [0.2, 0.25) is 0 Å². The molecule has 19 heavy (non-hydrogen) atoms. The summed E-state index contributed by atoms with van der Waals surface area (Å²) in [5.74, 6) is 2.38. The number of methoxy groups -OCH3 is 2. The summed E-state index contributed by atoms with van der Waals surface area (Å²) in [5.41, 5.74) is 1.14. The first-order chi connectivity index (χ1) is 9.07. The van der Waals surface area contributed by atoms with Crippen molar-refractivity contribution in [3.05, 3.63) is 22.2 Å². The molecular weight excluding hydrogens is 306 g/mol. The van der Waals surface area contributed by atoms with Gasteiger partial charge < -0.3 is 14.8 Å². The van der Waals surface area contributed by atoms with Gasteiger partial charge in [0.1, 0.15) is 11.5 Å². The van der Waals surface area contributed by atoms with Gasteiger partial charge in [0.05, 0.1) is 18.7 Å². The third kappa shape index (κ3) is 4.11. The zero-order chi connectivity index (χ0) is 14.4. The maximum absolute atomic E-state index is 5.50. The van der Waals surface area contributed by atoms with Crippen molar-refractivity contribution in [3.8, 4) is 11.5 Å². The highest BCUT2D eigenvalue weighted by Gasteiger charge is 2.19. The van der Waals surface area contributed by atoms with Crippen molar-refractivity contribution in [2.75, 3.05) is 21.3 Å². The van der Waals surface area contributed by atoms with Crippen LogP contribution in [0.4, 0.5) is 0 Å². The molecule has 0 aromatic heterocycles. The minimum atomic E-state index is 0.270. The van der Waals surface area contributed by atoms with E-state index >= 15 is 0 Å². The second-order valence-electron chi connectivity index (χ2n) is 4.82. The third-order valence-electron chi connectivity index (χ3n) is 3.56. The van der Waals surface area contributed by atoms with Crippen LogP contribution in [0.25, 0.3) is 0 Å². The fourth-order valence-electron chi connectivity index (χ4n) is 2.13. The third-order valence-corrected chi connectivity index (χ3v) is 4.18. The van der Waals surface area contributed by atoms with Gasteiger partial charge in [0.15, 0.2) is 0 Å². The molecule has 0 radical (unpaired) electrons. The molecule has 1 N–H and O–H groups in total. The van der Waals surface area contributed by atoms with Crippen LogP contribution < -0.4 is 14.8 Å². The van der Waals surface area contributed by atoms with Crippen LogP contribution in [0.3, 0.4) is 0 Å². The number of hydrogen-bond acceptors (Lipinski definition) is 3. The van der Waals surface area contributed by atoms with Gasteiger partial charge in [-0.1, -0.05) is 20.3 Å². The van der Waals surface area contributed by atoms with Crippen LogP contribution in [-0.2, 0) is 0 Å². The predicted octanol–water partition coefficient (Wildman–Crippen LogP) is 4.16. The number of rotatable bonds is 7. The number of hydrogen-bond donors (Lipinski definition) is 1. The second kappa shape index (κ2) is 7.75. The highest BCUT2D eigenvalue weighted by atomic mass is 79.9. The van der Waals surface area contributed by atoms with E-state index in [0.717, 1.165) is 28.0 Å². The van der Waals surface area contributed by atoms with E-state index in [2.05, 4.69) is 35.1 Å². The van der Waals surface area contributed by atoms with Gasteiger partial charge in [0, 0.05) is 11.6 Å². The summed E-state index contributed by atoms with van der Waals surface area (Å²) in [6.45, 7) is 4.49. The van der Waals surface area contributed by atoms with Crippen LogP contribution in [0.15, 0.2) is 16.6 Å². The van der Waals surface area contributed by atoms with Gasteiger partial charge in [-0.25, -0.2) is 0 Å². The maximum atomic E-state index is 5.50. The Hall–Kier alpha value is -0.740. The molecule has 0 saturated carbocycles. The molecule has 4 heteroatoms. The average molecular weight is 330 g/mol. The molecule has 0 aliphatic heterocycles. The van der Waals surface area contributed by atoms with Crippen molar-refractivity contribution in [1.82, 2.24) is 5.32 Å². The monoisotopic (exact) mass is 329 g/mol. The molecule has 1 aromatic carbocycles. The summed E-state index contributed by atoms with van der Waals surface area (Å²) in [4.78, 5) is 0. The Bertz CT molecular complexity index is 409. The number of benzene rings is 1. The summed E-state index contributed by atoms with van der Waals surface area (Å²) in [6, 6.07) is 4.29. The van der Waals surface area contributed by atoms with E-state index in [0.29, 0.717) is 5.92 Å². The highest BCUT2D eigenvalue weighted by Crippen LogP contribution is 2.37. The van der Waals surface area contributed by atoms with E-state index in [1.54, 1.807) is 14.2 Å². The first kappa shape index (κ1) is 16.3. The lowest BCUT2D eigenvalue weighted by Gasteiger charge is -2.23. The Morgan fingerprint density at radius 3 is 2.32 bits per heavy atom. The smallest absolute Gasteiger partial charge is 0.133 e. The van der Waals surface area contributed by atoms with Crippen LogP contribution in [0.1, 0.15) is 38.3 Å². The number of ether oxygens (including phenoxy) is 2. The van der Waals surface area contributed by atoms with E-state index in [1.807, 2.05) is 19.2 Å². The van der Waals surface area contributed by atoms with Crippen LogP contribution in [-0.4, -0.2) is 21.3 Å². The highest BCUT2D eigenvalue weighted by molar-refractivity contribution is 9.10. The van der Waals surface area contributed by atoms with Crippen LogP contribution >= 0.6 is 15.9 Å². The molecule has 2 unspecified atom stereocenters. The molecule has 108 valence electrons. The summed E-state index contributed by atoms with van der Waals surface area (Å²) >= 11 is 3.49. The molecule has 1 rings (SSSR count). The first-order valence-corrected chi connectivity index (χ1v) is 7.45. The molecule has 0 bridgehead atoms. The molecule has 3 nitrogen and oxygen atoms in total. The molecule has 0 amide bonds. The van der Waals surface area contributed by atoms with Crippen molar-refractivity contribution in [2.45, 2.75) is 32.7 Å². The topological polar surface area (TPSA) is 30.5 Å². The Balaban J connectivity index is 3.13. The van der Waals surface area contributed by atoms with E-state index in [1.165, 1.54) is 6.42 Å². The fraction of sp³-hybridized carbons (Fsp3) is 0.600. The number of nitrogens with one attached hydrogen (secondary N) is 1. The minimum Gasteiger partial charge on any atom is -0.496 e. The van der Waals surface area contributed by atoms with E-state index in [-0.39, 0.29) is 6.04 Å². The molecule has 0 saturated heterocycles. The van der Waals surface area contributed by atoms with Crippen molar-refractivity contribution < 1.29 is 9.47 Å². The molecule has 0 fully saturated rings. The Labute approximate surface area is 124 Å². The summed E-state index contributed by atoms with van der Waals surface area (Å²) < 4.78 is 11.8. The van der Waals surface area contributed by atoms with Crippen molar-refractivity contribution in [1.29, 1.82) is 0 Å². The fourth-order valence-corrected chi connectivity index (χ4v) is 2.61. The van der Waals surface area contributed by atoms with E-state index in [4.69, 9.17) is 9.47 Å². The summed E-state index contributed by atoms with van der Waals surface area (Å²) in [5, 5.41) is 3.38. The van der Waals surface area contributed by atoms with Gasteiger partial charge in [0.2, 0.25) is 0 Å². The number of halogens is 1. The quantitative estimate of drug-likeness (QED) is 0.814. The van der Waals surface area contributed by atoms with E-state index < -0.39 is 0 Å². The van der Waals surface area contributed by atoms with Gasteiger partial charge >= 0.3 is 0 Å². The second-order valence-corrected chi connectivity index (χ2v) is 5.67. The van der Waals surface area contributed by atoms with Gasteiger partial charge in [-0.3, -0.25) is 0 Å². The van der Waals surface area contributed by atoms with Gasteiger partial charge in [-0.15, -0.1) is 0 Å². The lowest BCUT2D eigenvalue weighted by molar-refractivity contribution is 0.373. The molecule has 1 aromatic rings. The predicted molar refractivity (Wildman–Crippen MR) is 83.1 cm³/mol. The molecular formula is C15H24BrNO2. The van der Waals surface area contributed by atoms with Gasteiger partial charge in [-0.2, -0.15) is 0 Å². The zero-order valence-corrected chi connectivity index (χ0v) is 14.0. The van der Waals surface area contributed by atoms with Crippen molar-refractivity contribution >= 4 is 15.9 Å². The van der Waals surface area contributed by atoms with Crippen molar-refractivity contribution in [2.24, 2.45) is 5.92 Å². The lowest BCUT2D eigenvalue weighted by Crippen LogP contribution is -2.19. The summed E-state index contributed by atoms with van der Waals surface area (Å²) in [7, 11) is 5.37. The van der Waals surface area contributed by atoms with Crippen LogP contribution in [0, 0.1) is 5.92 Å². The molecule has 0 aliphatic carbocycles. The Morgan fingerprint density at radius 1 is 1.21 bits per heavy atom. The largest absolute Gasteiger partial charge is 0.496 e. The lowest BCUT2D eigenvalue weighted by atomic mass is 9.93. The standard InChI is InChI=1S/C15H24BrNO2/c1-6-10(2)7-13(17-3)11-8-15(19-5)12(16)9-14(11)18-4/h8-10,13,17H,6-7H2,1-5H3. The van der Waals surface area contributed by atoms with Crippen LogP contribution in [0.5, 0.6) is 11.5 Å². The zero-order valence-electron chi connectivity index (χ0n) is 12.4. The maximum Gasteiger partial charge on any atom is 0.133 e. The van der Waals surface area contributed by atoms with Gasteiger partial charge in [-0.05, 0) is 47.4 Å². The Morgan fingerprint density at radius 2 is 1.84 bits per heavy atom. The summed E-state index contributed by atoms with van der Waals surface area (Å²) in [6.07, 6.45) is 2.25. The molecule has 0 spiro atoms. The van der Waals surface area contributed by atoms with E-state index in [9.17, 15) is 0 Å². The molecule has 0 aliphatic rings. The Kier molecular flexibility index (Phi) is 6.66. The van der Waals surface area contributed by atoms with Gasteiger partial charge in [0.25, 0.3) is 0 Å². The first-order valence-electron chi connectivity index (χ1n) is 6.65. The normalized spacial score (nSPS) is 14.0. The minimum absolute atomic E-state index is 0.270.